The molecule has 0 unspecified atom stereocenters. The molecule has 0 saturated carbocycles. The Balaban J connectivity index is 2.38. The van der Waals surface area contributed by atoms with E-state index in [1.165, 1.54) is 6.07 Å². The fourth-order valence-corrected chi connectivity index (χ4v) is 1.67. The summed E-state index contributed by atoms with van der Waals surface area (Å²) in [6.07, 6.45) is 0. The van der Waals surface area contributed by atoms with Crippen LogP contribution in [0.1, 0.15) is 5.56 Å². The second kappa shape index (κ2) is 4.43. The Hall–Kier alpha value is -1.46. The Morgan fingerprint density at radius 2 is 2.00 bits per heavy atom. The molecule has 1 heterocycles. The standard InChI is InChI=1S/C10H9O6P/c11-10-8(6-15-17(12,13)14)5-7-3-1-2-4-9(7)16-10/h1-5H,6H2,(H2,12,13,14). The normalized spacial score (nSPS) is 11.9. The Bertz CT molecular complexity index is 641. The summed E-state index contributed by atoms with van der Waals surface area (Å²) < 4.78 is 19.7. The van der Waals surface area contributed by atoms with Gasteiger partial charge in [0.1, 0.15) is 5.58 Å². The third-order valence-electron chi connectivity index (χ3n) is 2.10. The highest BCUT2D eigenvalue weighted by atomic mass is 31.2. The maximum absolute atomic E-state index is 11.5. The highest BCUT2D eigenvalue weighted by molar-refractivity contribution is 7.46. The summed E-state index contributed by atoms with van der Waals surface area (Å²) >= 11 is 0. The van der Waals surface area contributed by atoms with Crippen molar-refractivity contribution in [3.8, 4) is 0 Å². The maximum atomic E-state index is 11.5. The van der Waals surface area contributed by atoms with Crippen LogP contribution in [0.15, 0.2) is 39.5 Å². The van der Waals surface area contributed by atoms with E-state index in [4.69, 9.17) is 14.2 Å². The maximum Gasteiger partial charge on any atom is 0.469 e. The van der Waals surface area contributed by atoms with Gasteiger partial charge in [-0.2, -0.15) is 0 Å². The van der Waals surface area contributed by atoms with Crippen LogP contribution in [0.3, 0.4) is 0 Å². The van der Waals surface area contributed by atoms with E-state index >= 15 is 0 Å². The minimum atomic E-state index is -4.59. The highest BCUT2D eigenvalue weighted by Crippen LogP contribution is 2.36. The predicted molar refractivity (Wildman–Crippen MR) is 59.3 cm³/mol. The Labute approximate surface area is 95.7 Å². The number of phosphoric ester groups is 1. The lowest BCUT2D eigenvalue weighted by Crippen LogP contribution is -2.08. The molecule has 0 spiro atoms. The number of rotatable bonds is 3. The van der Waals surface area contributed by atoms with Gasteiger partial charge in [0.15, 0.2) is 0 Å². The molecule has 1 aromatic carbocycles. The van der Waals surface area contributed by atoms with Crippen molar-refractivity contribution in [2.24, 2.45) is 0 Å². The van der Waals surface area contributed by atoms with E-state index in [0.717, 1.165) is 0 Å². The summed E-state index contributed by atoms with van der Waals surface area (Å²) in [4.78, 5) is 28.5. The van der Waals surface area contributed by atoms with Crippen molar-refractivity contribution in [1.29, 1.82) is 0 Å². The first-order valence-corrected chi connectivity index (χ1v) is 6.20. The first-order chi connectivity index (χ1) is 7.96. The van der Waals surface area contributed by atoms with E-state index in [2.05, 4.69) is 4.52 Å². The molecule has 0 bridgehead atoms. The number of hydrogen-bond acceptors (Lipinski definition) is 4. The van der Waals surface area contributed by atoms with Crippen LogP contribution >= 0.6 is 7.82 Å². The average molecular weight is 256 g/mol. The third kappa shape index (κ3) is 3.01. The number of hydrogen-bond donors (Lipinski definition) is 2. The molecule has 0 atom stereocenters. The van der Waals surface area contributed by atoms with Gasteiger partial charge in [0.25, 0.3) is 0 Å². The van der Waals surface area contributed by atoms with Gasteiger partial charge in [0.2, 0.25) is 0 Å². The zero-order valence-electron chi connectivity index (χ0n) is 8.57. The van der Waals surface area contributed by atoms with E-state index in [-0.39, 0.29) is 5.56 Å². The molecule has 7 heteroatoms. The first-order valence-electron chi connectivity index (χ1n) is 4.67. The highest BCUT2D eigenvalue weighted by Gasteiger charge is 2.15. The topological polar surface area (TPSA) is 97.0 Å². The van der Waals surface area contributed by atoms with E-state index in [9.17, 15) is 9.36 Å². The number of fused-ring (bicyclic) bond motifs is 1. The molecule has 0 fully saturated rings. The zero-order valence-corrected chi connectivity index (χ0v) is 9.46. The lowest BCUT2D eigenvalue weighted by atomic mass is 10.2. The lowest BCUT2D eigenvalue weighted by molar-refractivity contribution is 0.187. The molecular weight excluding hydrogens is 247 g/mol. The van der Waals surface area contributed by atoms with Crippen molar-refractivity contribution in [2.75, 3.05) is 0 Å². The van der Waals surface area contributed by atoms with Crippen LogP contribution in [-0.4, -0.2) is 9.79 Å². The molecule has 0 aliphatic heterocycles. The van der Waals surface area contributed by atoms with Crippen LogP contribution < -0.4 is 5.63 Å². The SMILES string of the molecule is O=c1oc2ccccc2cc1COP(=O)(O)O. The molecule has 2 aromatic rings. The molecule has 2 N–H and O–H groups in total. The van der Waals surface area contributed by atoms with Gasteiger partial charge in [-0.1, -0.05) is 18.2 Å². The first kappa shape index (κ1) is 12.0. The predicted octanol–water partition coefficient (Wildman–Crippen LogP) is 1.40. The smallest absolute Gasteiger partial charge is 0.422 e. The second-order valence-corrected chi connectivity index (χ2v) is 4.60. The molecule has 0 radical (unpaired) electrons. The van der Waals surface area contributed by atoms with Gasteiger partial charge < -0.3 is 14.2 Å². The zero-order chi connectivity index (χ0) is 12.5. The van der Waals surface area contributed by atoms with Gasteiger partial charge in [-0.15, -0.1) is 0 Å². The molecule has 1 aromatic heterocycles. The largest absolute Gasteiger partial charge is 0.469 e. The molecule has 6 nitrogen and oxygen atoms in total. The Kier molecular flexibility index (Phi) is 3.13. The quantitative estimate of drug-likeness (QED) is 0.636. The van der Waals surface area contributed by atoms with Crippen molar-refractivity contribution in [2.45, 2.75) is 6.61 Å². The Morgan fingerprint density at radius 3 is 2.71 bits per heavy atom. The lowest BCUT2D eigenvalue weighted by Gasteiger charge is -2.04. The molecule has 2 rings (SSSR count). The van der Waals surface area contributed by atoms with Gasteiger partial charge in [0, 0.05) is 5.39 Å². The molecule has 90 valence electrons. The van der Waals surface area contributed by atoms with Gasteiger partial charge in [-0.05, 0) is 12.1 Å². The van der Waals surface area contributed by atoms with Crippen LogP contribution in [-0.2, 0) is 15.7 Å². The number of benzene rings is 1. The van der Waals surface area contributed by atoms with E-state index in [1.54, 1.807) is 24.3 Å². The van der Waals surface area contributed by atoms with Gasteiger partial charge >= 0.3 is 13.4 Å². The van der Waals surface area contributed by atoms with Crippen molar-refractivity contribution in [1.82, 2.24) is 0 Å². The van der Waals surface area contributed by atoms with Crippen LogP contribution in [0.4, 0.5) is 0 Å². The second-order valence-electron chi connectivity index (χ2n) is 3.36. The summed E-state index contributed by atoms with van der Waals surface area (Å²) in [6, 6.07) is 8.31. The van der Waals surface area contributed by atoms with Crippen molar-refractivity contribution < 1.29 is 23.3 Å². The molecule has 0 amide bonds. The minimum absolute atomic E-state index is 0.0621. The molecule has 0 aliphatic carbocycles. The third-order valence-corrected chi connectivity index (χ3v) is 2.57. The van der Waals surface area contributed by atoms with Crippen LogP contribution in [0, 0.1) is 0 Å². The minimum Gasteiger partial charge on any atom is -0.422 e. The Morgan fingerprint density at radius 1 is 1.29 bits per heavy atom. The van der Waals surface area contributed by atoms with Crippen LogP contribution in [0.2, 0.25) is 0 Å². The van der Waals surface area contributed by atoms with Crippen molar-refractivity contribution in [3.63, 3.8) is 0 Å². The molecule has 0 aliphatic rings. The van der Waals surface area contributed by atoms with E-state index < -0.39 is 20.1 Å². The summed E-state index contributed by atoms with van der Waals surface area (Å²) in [6.45, 7) is -0.489. The monoisotopic (exact) mass is 256 g/mol. The van der Waals surface area contributed by atoms with Gasteiger partial charge in [-0.25, -0.2) is 9.36 Å². The van der Waals surface area contributed by atoms with E-state index in [1.807, 2.05) is 0 Å². The van der Waals surface area contributed by atoms with Gasteiger partial charge in [0.05, 0.1) is 12.2 Å². The van der Waals surface area contributed by atoms with Gasteiger partial charge in [-0.3, -0.25) is 4.52 Å². The summed E-state index contributed by atoms with van der Waals surface area (Å²) in [5.74, 6) is 0. The summed E-state index contributed by atoms with van der Waals surface area (Å²) in [5.41, 5.74) is -0.193. The van der Waals surface area contributed by atoms with Crippen molar-refractivity contribution >= 4 is 18.8 Å². The molecule has 0 saturated heterocycles. The fraction of sp³-hybridized carbons (Fsp3) is 0.100. The summed E-state index contributed by atoms with van der Waals surface area (Å²) in [7, 11) is -4.59. The fourth-order valence-electron chi connectivity index (χ4n) is 1.36. The summed E-state index contributed by atoms with van der Waals surface area (Å²) in [5, 5.41) is 0.663. The number of para-hydroxylation sites is 1. The van der Waals surface area contributed by atoms with Crippen molar-refractivity contribution in [3.05, 3.63) is 46.3 Å². The number of phosphoric acid groups is 1. The average Bonchev–Trinajstić information content (AvgIpc) is 2.25. The van der Waals surface area contributed by atoms with Crippen LogP contribution in [0.25, 0.3) is 11.0 Å². The van der Waals surface area contributed by atoms with Crippen LogP contribution in [0.5, 0.6) is 0 Å². The molecule has 17 heavy (non-hydrogen) atoms. The van der Waals surface area contributed by atoms with E-state index in [0.29, 0.717) is 11.0 Å². The molecular formula is C10H9O6P.